The fourth-order valence-electron chi connectivity index (χ4n) is 2.15. The van der Waals surface area contributed by atoms with Gasteiger partial charge in [-0.25, -0.2) is 9.48 Å². The zero-order valence-corrected chi connectivity index (χ0v) is 15.6. The van der Waals surface area contributed by atoms with Gasteiger partial charge in [0, 0.05) is 13.1 Å². The van der Waals surface area contributed by atoms with E-state index in [-0.39, 0.29) is 24.0 Å². The van der Waals surface area contributed by atoms with Gasteiger partial charge in [-0.3, -0.25) is 0 Å². The predicted molar refractivity (Wildman–Crippen MR) is 96.7 cm³/mol. The molecule has 6 nitrogen and oxygen atoms in total. The molecule has 1 aromatic heterocycles. The Balaban J connectivity index is 2.28. The highest BCUT2D eigenvalue weighted by atomic mass is 35.5. The lowest BCUT2D eigenvalue weighted by Gasteiger charge is -2.13. The number of carbonyl (C=O) groups is 1. The summed E-state index contributed by atoms with van der Waals surface area (Å²) in [5.74, 6) is 0.560. The van der Waals surface area contributed by atoms with Crippen LogP contribution in [0.4, 0.5) is 0 Å². The molecule has 134 valence electrons. The number of nitrogens with zero attached hydrogens (tertiary/aromatic N) is 2. The topological polar surface area (TPSA) is 62.6 Å². The lowest BCUT2D eigenvalue weighted by molar-refractivity contribution is -0.145. The quantitative estimate of drug-likeness (QED) is 0.661. The van der Waals surface area contributed by atoms with E-state index in [1.165, 1.54) is 12.1 Å². The van der Waals surface area contributed by atoms with Gasteiger partial charge in [0.1, 0.15) is 5.75 Å². The smallest absolute Gasteiger partial charge is 0.344 e. The summed E-state index contributed by atoms with van der Waals surface area (Å²) in [6, 6.07) is 2.99. The molecule has 0 aliphatic rings. The minimum atomic E-state index is -0.493. The van der Waals surface area contributed by atoms with Crippen LogP contribution in [-0.4, -0.2) is 29.0 Å². The average Bonchev–Trinajstić information content (AvgIpc) is 2.82. The fraction of sp³-hybridized carbons (Fsp3) is 0.294. The van der Waals surface area contributed by atoms with Gasteiger partial charge in [0.2, 0.25) is 5.88 Å². The number of aromatic nitrogens is 2. The second-order valence-electron chi connectivity index (χ2n) is 5.04. The van der Waals surface area contributed by atoms with E-state index in [0.29, 0.717) is 16.7 Å². The fourth-order valence-corrected chi connectivity index (χ4v) is 2.63. The number of hydrogen-bond acceptors (Lipinski definition) is 5. The van der Waals surface area contributed by atoms with Crippen LogP contribution in [0.25, 0.3) is 6.08 Å². The number of esters is 1. The van der Waals surface area contributed by atoms with Crippen LogP contribution in [0.15, 0.2) is 18.7 Å². The maximum absolute atomic E-state index is 11.4. The highest BCUT2D eigenvalue weighted by Gasteiger charge is 2.17. The largest absolute Gasteiger partial charge is 0.480 e. The van der Waals surface area contributed by atoms with Gasteiger partial charge >= 0.3 is 5.97 Å². The van der Waals surface area contributed by atoms with Crippen LogP contribution in [0, 0.1) is 6.92 Å². The molecular weight excluding hydrogens is 367 g/mol. The number of rotatable bonds is 7. The van der Waals surface area contributed by atoms with Crippen molar-refractivity contribution in [1.29, 1.82) is 0 Å². The van der Waals surface area contributed by atoms with Crippen molar-refractivity contribution in [2.45, 2.75) is 13.8 Å². The van der Waals surface area contributed by atoms with Gasteiger partial charge in [-0.1, -0.05) is 35.9 Å². The van der Waals surface area contributed by atoms with Crippen LogP contribution < -0.4 is 9.47 Å². The Hall–Kier alpha value is -2.18. The molecule has 0 N–H and O–H groups in total. The minimum absolute atomic E-state index is 0.256. The molecule has 2 rings (SSSR count). The summed E-state index contributed by atoms with van der Waals surface area (Å²) < 4.78 is 17.7. The Kier molecular flexibility index (Phi) is 6.33. The van der Waals surface area contributed by atoms with Gasteiger partial charge in [-0.05, 0) is 19.9 Å². The van der Waals surface area contributed by atoms with E-state index in [9.17, 15) is 4.79 Å². The Bertz CT molecular complexity index is 802. The maximum atomic E-state index is 11.4. The molecule has 0 spiro atoms. The van der Waals surface area contributed by atoms with Crippen molar-refractivity contribution in [1.82, 2.24) is 9.78 Å². The molecule has 1 aromatic carbocycles. The lowest BCUT2D eigenvalue weighted by atomic mass is 10.2. The molecular formula is C17H18Cl2N2O4. The van der Waals surface area contributed by atoms with Crippen molar-refractivity contribution in [2.75, 3.05) is 13.2 Å². The van der Waals surface area contributed by atoms with E-state index in [1.807, 2.05) is 6.92 Å². The molecule has 0 saturated carbocycles. The van der Waals surface area contributed by atoms with Gasteiger partial charge < -0.3 is 14.2 Å². The van der Waals surface area contributed by atoms with Gasteiger partial charge in [-0.15, -0.1) is 0 Å². The SMILES string of the molecule is C=Cc1c(C)nn(C)c1Oc1cc(OCC(=O)OCC)c(Cl)cc1Cl. The average molecular weight is 385 g/mol. The number of halogens is 2. The molecule has 0 amide bonds. The number of ether oxygens (including phenoxy) is 3. The summed E-state index contributed by atoms with van der Waals surface area (Å²) in [5.41, 5.74) is 1.53. The summed E-state index contributed by atoms with van der Waals surface area (Å²) in [7, 11) is 1.75. The van der Waals surface area contributed by atoms with Crippen LogP contribution in [0.1, 0.15) is 18.2 Å². The molecule has 8 heteroatoms. The molecule has 0 aliphatic heterocycles. The summed E-state index contributed by atoms with van der Waals surface area (Å²) in [6.45, 7) is 7.33. The third-order valence-corrected chi connectivity index (χ3v) is 3.85. The Morgan fingerprint density at radius 2 is 2.00 bits per heavy atom. The van der Waals surface area contributed by atoms with Crippen LogP contribution in [0.2, 0.25) is 10.0 Å². The third kappa shape index (κ3) is 4.46. The normalized spacial score (nSPS) is 10.4. The summed E-state index contributed by atoms with van der Waals surface area (Å²) in [4.78, 5) is 11.4. The first-order valence-corrected chi connectivity index (χ1v) is 8.24. The molecule has 1 heterocycles. The van der Waals surface area contributed by atoms with E-state index in [2.05, 4.69) is 11.7 Å². The first kappa shape index (κ1) is 19.1. The van der Waals surface area contributed by atoms with E-state index in [0.717, 1.165) is 11.3 Å². The number of benzene rings is 1. The van der Waals surface area contributed by atoms with E-state index >= 15 is 0 Å². The zero-order valence-electron chi connectivity index (χ0n) is 14.1. The Morgan fingerprint density at radius 3 is 2.64 bits per heavy atom. The van der Waals surface area contributed by atoms with Crippen molar-refractivity contribution >= 4 is 35.2 Å². The third-order valence-electron chi connectivity index (χ3n) is 3.26. The number of hydrogen-bond donors (Lipinski definition) is 0. The van der Waals surface area contributed by atoms with E-state index < -0.39 is 5.97 Å². The summed E-state index contributed by atoms with van der Waals surface area (Å²) in [6.07, 6.45) is 1.65. The molecule has 0 aliphatic carbocycles. The first-order valence-electron chi connectivity index (χ1n) is 7.48. The molecule has 0 atom stereocenters. The van der Waals surface area contributed by atoms with Gasteiger partial charge in [0.05, 0.1) is 27.9 Å². The van der Waals surface area contributed by atoms with Gasteiger partial charge in [-0.2, -0.15) is 5.10 Å². The van der Waals surface area contributed by atoms with E-state index in [1.54, 1.807) is 24.7 Å². The van der Waals surface area contributed by atoms with E-state index in [4.69, 9.17) is 37.4 Å². The number of carbonyl (C=O) groups excluding carboxylic acids is 1. The van der Waals surface area contributed by atoms with Crippen LogP contribution in [0.5, 0.6) is 17.4 Å². The first-order chi connectivity index (χ1) is 11.9. The maximum Gasteiger partial charge on any atom is 0.344 e. The molecule has 0 radical (unpaired) electrons. The summed E-state index contributed by atoms with van der Waals surface area (Å²) in [5, 5.41) is 4.84. The van der Waals surface area contributed by atoms with Crippen LogP contribution in [-0.2, 0) is 16.6 Å². The minimum Gasteiger partial charge on any atom is -0.480 e. The van der Waals surface area contributed by atoms with Crippen LogP contribution >= 0.6 is 23.2 Å². The molecule has 0 unspecified atom stereocenters. The molecule has 0 saturated heterocycles. The highest BCUT2D eigenvalue weighted by Crippen LogP contribution is 2.39. The van der Waals surface area contributed by atoms with Gasteiger partial charge in [0.25, 0.3) is 0 Å². The zero-order chi connectivity index (χ0) is 18.6. The molecule has 0 fully saturated rings. The Morgan fingerprint density at radius 1 is 1.32 bits per heavy atom. The van der Waals surface area contributed by atoms with Crippen molar-refractivity contribution in [3.8, 4) is 17.4 Å². The lowest BCUT2D eigenvalue weighted by Crippen LogP contribution is -2.14. The Labute approximate surface area is 155 Å². The van der Waals surface area contributed by atoms with Crippen LogP contribution in [0.3, 0.4) is 0 Å². The molecule has 25 heavy (non-hydrogen) atoms. The number of aryl methyl sites for hydroxylation is 2. The van der Waals surface area contributed by atoms with Crippen molar-refractivity contribution < 1.29 is 19.0 Å². The second-order valence-corrected chi connectivity index (χ2v) is 5.86. The van der Waals surface area contributed by atoms with Crippen molar-refractivity contribution in [3.63, 3.8) is 0 Å². The van der Waals surface area contributed by atoms with Crippen molar-refractivity contribution in [3.05, 3.63) is 40.0 Å². The van der Waals surface area contributed by atoms with Crippen molar-refractivity contribution in [2.24, 2.45) is 7.05 Å². The monoisotopic (exact) mass is 384 g/mol. The standard InChI is InChI=1S/C17H18Cl2N2O4/c1-5-11-10(3)20-21(4)17(11)25-15-8-14(12(18)7-13(15)19)24-9-16(22)23-6-2/h5,7-8H,1,6,9H2,2-4H3. The predicted octanol–water partition coefficient (Wildman–Crippen LogP) is 4.41. The van der Waals surface area contributed by atoms with Gasteiger partial charge in [0.15, 0.2) is 12.4 Å². The molecule has 2 aromatic rings. The molecule has 0 bridgehead atoms. The second kappa shape index (κ2) is 8.27. The highest BCUT2D eigenvalue weighted by molar-refractivity contribution is 6.36. The summed E-state index contributed by atoms with van der Waals surface area (Å²) >= 11 is 12.3.